The average molecular weight is 592 g/mol. The molecule has 4 nitrogen and oxygen atoms in total. The summed E-state index contributed by atoms with van der Waals surface area (Å²) in [6.07, 6.45) is 0. The van der Waals surface area contributed by atoms with Crippen LogP contribution in [0.5, 0.6) is 0 Å². The van der Waals surface area contributed by atoms with Gasteiger partial charge >= 0.3 is 0 Å². The van der Waals surface area contributed by atoms with E-state index in [2.05, 4.69) is 111 Å². The van der Waals surface area contributed by atoms with Crippen molar-refractivity contribution in [1.82, 2.24) is 15.0 Å². The SMILES string of the molecule is CC1(C)c2ccccc2-c2cccc(-c3nc(-c4ccccc4)nc(-c4ccc5c(c4)oc4cccc(-c6ccccc6)c45)n3)c21. The smallest absolute Gasteiger partial charge is 0.164 e. The highest BCUT2D eigenvalue weighted by molar-refractivity contribution is 6.13. The molecule has 4 heteroatoms. The lowest BCUT2D eigenvalue weighted by Crippen LogP contribution is -2.17. The van der Waals surface area contributed by atoms with Crippen LogP contribution in [-0.4, -0.2) is 15.0 Å². The van der Waals surface area contributed by atoms with Crippen LogP contribution in [0.1, 0.15) is 25.0 Å². The van der Waals surface area contributed by atoms with Gasteiger partial charge in [0.2, 0.25) is 0 Å². The number of hydrogen-bond donors (Lipinski definition) is 0. The van der Waals surface area contributed by atoms with Crippen LogP contribution in [0.3, 0.4) is 0 Å². The highest BCUT2D eigenvalue weighted by atomic mass is 16.3. The number of nitrogens with zero attached hydrogens (tertiary/aromatic N) is 3. The van der Waals surface area contributed by atoms with Gasteiger partial charge in [0.1, 0.15) is 11.2 Å². The highest BCUT2D eigenvalue weighted by Crippen LogP contribution is 2.51. The Morgan fingerprint density at radius 1 is 0.457 bits per heavy atom. The third-order valence-corrected chi connectivity index (χ3v) is 9.33. The second-order valence-corrected chi connectivity index (χ2v) is 12.4. The van der Waals surface area contributed by atoms with E-state index >= 15 is 0 Å². The largest absolute Gasteiger partial charge is 0.456 e. The molecule has 0 amide bonds. The van der Waals surface area contributed by atoms with Gasteiger partial charge < -0.3 is 4.42 Å². The Morgan fingerprint density at radius 3 is 1.87 bits per heavy atom. The van der Waals surface area contributed by atoms with Crippen molar-refractivity contribution < 1.29 is 4.42 Å². The minimum absolute atomic E-state index is 0.203. The third-order valence-electron chi connectivity index (χ3n) is 9.33. The number of benzene rings is 6. The highest BCUT2D eigenvalue weighted by Gasteiger charge is 2.38. The molecule has 2 heterocycles. The van der Waals surface area contributed by atoms with E-state index in [-0.39, 0.29) is 5.41 Å². The van der Waals surface area contributed by atoms with Crippen molar-refractivity contribution in [1.29, 1.82) is 0 Å². The van der Waals surface area contributed by atoms with Gasteiger partial charge in [-0.1, -0.05) is 135 Å². The monoisotopic (exact) mass is 591 g/mol. The summed E-state index contributed by atoms with van der Waals surface area (Å²) >= 11 is 0. The van der Waals surface area contributed by atoms with Gasteiger partial charge in [-0.3, -0.25) is 0 Å². The van der Waals surface area contributed by atoms with Gasteiger partial charge in [0.25, 0.3) is 0 Å². The van der Waals surface area contributed by atoms with Crippen molar-refractivity contribution in [3.63, 3.8) is 0 Å². The van der Waals surface area contributed by atoms with E-state index in [1.54, 1.807) is 0 Å². The molecule has 9 rings (SSSR count). The standard InChI is InChI=1S/C42H29N3O/c1-42(2)34-21-10-9-17-30(34)31-19-11-20-33(38(31)42)41-44-39(27-15-7-4-8-16-27)43-40(45-41)28-23-24-32-36(25-28)46-35-22-12-18-29(37(32)35)26-13-5-3-6-14-26/h3-25H,1-2H3. The van der Waals surface area contributed by atoms with Crippen LogP contribution in [0.15, 0.2) is 144 Å². The Balaban J connectivity index is 1.25. The summed E-state index contributed by atoms with van der Waals surface area (Å²) in [7, 11) is 0. The van der Waals surface area contributed by atoms with Crippen molar-refractivity contribution in [2.24, 2.45) is 0 Å². The molecule has 0 N–H and O–H groups in total. The van der Waals surface area contributed by atoms with Crippen molar-refractivity contribution in [3.8, 4) is 56.4 Å². The van der Waals surface area contributed by atoms with Crippen LogP contribution < -0.4 is 0 Å². The van der Waals surface area contributed by atoms with Crippen molar-refractivity contribution >= 4 is 21.9 Å². The molecule has 0 saturated carbocycles. The van der Waals surface area contributed by atoms with Gasteiger partial charge in [-0.05, 0) is 51.6 Å². The molecule has 2 aromatic heterocycles. The minimum atomic E-state index is -0.203. The van der Waals surface area contributed by atoms with Crippen LogP contribution in [0.4, 0.5) is 0 Å². The third kappa shape index (κ3) is 4.04. The van der Waals surface area contributed by atoms with E-state index in [1.807, 2.05) is 42.5 Å². The zero-order valence-corrected chi connectivity index (χ0v) is 25.5. The molecule has 0 saturated heterocycles. The molecular formula is C42H29N3O. The lowest BCUT2D eigenvalue weighted by Gasteiger charge is -2.24. The van der Waals surface area contributed by atoms with E-state index in [1.165, 1.54) is 22.3 Å². The molecular weight excluding hydrogens is 562 g/mol. The molecule has 0 aliphatic heterocycles. The molecule has 0 unspecified atom stereocenters. The maximum absolute atomic E-state index is 6.46. The van der Waals surface area contributed by atoms with Gasteiger partial charge in [-0.2, -0.15) is 0 Å². The number of rotatable bonds is 4. The fraction of sp³-hybridized carbons (Fsp3) is 0.0714. The second-order valence-electron chi connectivity index (χ2n) is 12.4. The summed E-state index contributed by atoms with van der Waals surface area (Å²) in [6, 6.07) is 48.3. The first-order chi connectivity index (χ1) is 22.6. The predicted octanol–water partition coefficient (Wildman–Crippen LogP) is 10.7. The van der Waals surface area contributed by atoms with E-state index in [4.69, 9.17) is 19.4 Å². The first-order valence-corrected chi connectivity index (χ1v) is 15.6. The molecule has 0 spiro atoms. The summed E-state index contributed by atoms with van der Waals surface area (Å²) in [5.41, 5.74) is 11.7. The average Bonchev–Trinajstić information content (AvgIpc) is 3.60. The number of aromatic nitrogens is 3. The second kappa shape index (κ2) is 10.1. The maximum Gasteiger partial charge on any atom is 0.164 e. The Kier molecular flexibility index (Phi) is 5.81. The molecule has 0 bridgehead atoms. The fourth-order valence-electron chi connectivity index (χ4n) is 7.20. The van der Waals surface area contributed by atoms with Crippen LogP contribution in [-0.2, 0) is 5.41 Å². The molecule has 0 radical (unpaired) electrons. The molecule has 1 aliphatic rings. The Bertz CT molecular complexity index is 2440. The van der Waals surface area contributed by atoms with Gasteiger partial charge in [0.05, 0.1) is 0 Å². The zero-order valence-electron chi connectivity index (χ0n) is 25.5. The predicted molar refractivity (Wildman–Crippen MR) is 186 cm³/mol. The molecule has 218 valence electrons. The Morgan fingerprint density at radius 2 is 1.07 bits per heavy atom. The summed E-state index contributed by atoms with van der Waals surface area (Å²) < 4.78 is 6.46. The van der Waals surface area contributed by atoms with Crippen LogP contribution in [0.2, 0.25) is 0 Å². The van der Waals surface area contributed by atoms with E-state index < -0.39 is 0 Å². The summed E-state index contributed by atoms with van der Waals surface area (Å²) in [4.78, 5) is 15.3. The first-order valence-electron chi connectivity index (χ1n) is 15.6. The Labute approximate surface area is 267 Å². The minimum Gasteiger partial charge on any atom is -0.456 e. The summed E-state index contributed by atoms with van der Waals surface area (Å²) in [5, 5.41) is 2.18. The van der Waals surface area contributed by atoms with Crippen molar-refractivity contribution in [2.75, 3.05) is 0 Å². The lowest BCUT2D eigenvalue weighted by atomic mass is 9.80. The summed E-state index contributed by atoms with van der Waals surface area (Å²) in [5.74, 6) is 1.92. The lowest BCUT2D eigenvalue weighted by molar-refractivity contribution is 0.661. The van der Waals surface area contributed by atoms with Gasteiger partial charge in [0.15, 0.2) is 17.5 Å². The van der Waals surface area contributed by atoms with Gasteiger partial charge in [-0.25, -0.2) is 15.0 Å². The number of hydrogen-bond acceptors (Lipinski definition) is 4. The Hall–Kier alpha value is -5.87. The number of fused-ring (bicyclic) bond motifs is 6. The van der Waals surface area contributed by atoms with Crippen LogP contribution in [0.25, 0.3) is 78.4 Å². The fourth-order valence-corrected chi connectivity index (χ4v) is 7.20. The van der Waals surface area contributed by atoms with Crippen molar-refractivity contribution in [2.45, 2.75) is 19.3 Å². The molecule has 0 fully saturated rings. The van der Waals surface area contributed by atoms with E-state index in [9.17, 15) is 0 Å². The van der Waals surface area contributed by atoms with Crippen LogP contribution >= 0.6 is 0 Å². The summed E-state index contributed by atoms with van der Waals surface area (Å²) in [6.45, 7) is 4.58. The van der Waals surface area contributed by atoms with E-state index in [0.29, 0.717) is 17.5 Å². The quantitative estimate of drug-likeness (QED) is 0.204. The van der Waals surface area contributed by atoms with Gasteiger partial charge in [0, 0.05) is 32.9 Å². The molecule has 46 heavy (non-hydrogen) atoms. The maximum atomic E-state index is 6.46. The number of furan rings is 1. The van der Waals surface area contributed by atoms with E-state index in [0.717, 1.165) is 49.8 Å². The molecule has 6 aromatic carbocycles. The molecule has 1 aliphatic carbocycles. The normalized spacial score (nSPS) is 13.2. The van der Waals surface area contributed by atoms with Gasteiger partial charge in [-0.15, -0.1) is 0 Å². The molecule has 0 atom stereocenters. The molecule has 8 aromatic rings. The van der Waals surface area contributed by atoms with Crippen LogP contribution in [0, 0.1) is 0 Å². The topological polar surface area (TPSA) is 51.8 Å². The first kappa shape index (κ1) is 26.5. The zero-order chi connectivity index (χ0) is 30.8. The van der Waals surface area contributed by atoms with Crippen molar-refractivity contribution in [3.05, 3.63) is 151 Å².